The molecule has 27 aromatic carbocycles. The van der Waals surface area contributed by atoms with Crippen molar-refractivity contribution in [1.29, 1.82) is 0 Å². The lowest BCUT2D eigenvalue weighted by Crippen LogP contribution is -1.92. The van der Waals surface area contributed by atoms with Gasteiger partial charge in [-0.2, -0.15) is 0 Å². The second-order valence-corrected chi connectivity index (χ2v) is 31.5. The maximum Gasteiger partial charge on any atom is 0.143 e. The van der Waals surface area contributed by atoms with Crippen LogP contribution in [0.3, 0.4) is 0 Å². The molecule has 0 atom stereocenters. The van der Waals surface area contributed by atoms with Gasteiger partial charge >= 0.3 is 0 Å². The smallest absolute Gasteiger partial charge is 0.143 e. The van der Waals surface area contributed by atoms with Crippen molar-refractivity contribution in [3.05, 3.63) is 544 Å². The highest BCUT2D eigenvalue weighted by molar-refractivity contribution is 6.28. The lowest BCUT2D eigenvalue weighted by Gasteiger charge is -2.20. The largest absolute Gasteiger partial charge is 0.455 e. The van der Waals surface area contributed by atoms with E-state index < -0.39 is 840 Å². The Morgan fingerprint density at radius 2 is 0.320 bits per heavy atom. The molecule has 0 saturated carbocycles. The van der Waals surface area contributed by atoms with Crippen LogP contribution in [0, 0.1) is 0 Å². The standard InChI is InChI=1S/3C48H30O/c1-2-12-31(13-3-1)35-15-10-16-36(30-35)46-41-20-8-6-18-39(41)45(40-19-7-9-21-42(40)46)34-26-24-33(25-27-34)37-22-11-23-44-47(37)43-29-28-32-14-4-5-17-38(32)48(43)49-44;1-2-11-31(12-3-1)32-21-25-35(26-22-32)45-39-15-6-8-17-41(39)46(42-18-9-7-16-40(42)45)36-27-23-34(24-28-36)37-19-10-20-44-47(37)43-30-29-33-13-4-5-14-38(33)48(43)49-44;1-2-13-31(14-3-1)35-16-6-7-18-38(35)46-41-21-10-8-19-39(41)45(40-20-9-11-22-42(40)46)34-27-25-33(26-28-34)36-23-12-24-44-47(36)43-30-29-32-15-4-5-17-37(32)48(43)49-44/h3*1-30H/i3*1D,2D,3D,4D,5D,6D,7D,8D,9D,10D,11D,12D,13D,14D,15D,16D,17D,18D,19D,20D,21D,22D,23D,24D,25D,26D,27D,28D,29D,30D. The number of hydrogen-bond acceptors (Lipinski definition) is 3. The molecule has 3 heteroatoms. The quantitative estimate of drug-likeness (QED) is 0.114. The summed E-state index contributed by atoms with van der Waals surface area (Å²) in [5.74, 6) is 0. The molecule has 147 heavy (non-hydrogen) atoms. The molecule has 0 aliphatic rings. The van der Waals surface area contributed by atoms with Gasteiger partial charge in [0.1, 0.15) is 33.5 Å². The molecular weight excluding hydrogens is 1780 g/mol. The van der Waals surface area contributed by atoms with Gasteiger partial charge in [-0.25, -0.2) is 0 Å². The Morgan fingerprint density at radius 1 is 0.116 bits per heavy atom. The molecular formula is C144H90O3. The molecule has 0 aliphatic heterocycles. The number of hydrogen-bond donors (Lipinski definition) is 0. The van der Waals surface area contributed by atoms with Crippen molar-refractivity contribution in [2.75, 3.05) is 0 Å². The Bertz CT molecular complexity index is 16100. The fraction of sp³-hybridized carbons (Fsp3) is 0. The van der Waals surface area contributed by atoms with Gasteiger partial charge in [0.05, 0.1) is 123 Å². The van der Waals surface area contributed by atoms with E-state index in [4.69, 9.17) is 88.6 Å². The highest BCUT2D eigenvalue weighted by atomic mass is 16.3. The fourth-order valence-corrected chi connectivity index (χ4v) is 17.5. The number of fused-ring (bicyclic) bond motifs is 21. The van der Waals surface area contributed by atoms with Crippen LogP contribution in [0.4, 0.5) is 0 Å². The first-order valence-electron chi connectivity index (χ1n) is 88.2. The van der Waals surface area contributed by atoms with Gasteiger partial charge in [0.15, 0.2) is 0 Å². The molecule has 30 aromatic rings. The Morgan fingerprint density at radius 3 is 0.639 bits per heavy atom. The molecule has 0 amide bonds. The predicted octanol–water partition coefficient (Wildman–Crippen LogP) is 41.1. The summed E-state index contributed by atoms with van der Waals surface area (Å²) in [7, 11) is 0. The molecule has 0 bridgehead atoms. The van der Waals surface area contributed by atoms with Crippen molar-refractivity contribution in [1.82, 2.24) is 0 Å². The molecule has 0 fully saturated rings. The topological polar surface area (TPSA) is 39.4 Å². The minimum Gasteiger partial charge on any atom is -0.455 e. The summed E-state index contributed by atoms with van der Waals surface area (Å²) < 4.78 is 827. The van der Waals surface area contributed by atoms with Gasteiger partial charge < -0.3 is 13.3 Å². The summed E-state index contributed by atoms with van der Waals surface area (Å²) >= 11 is 0. The van der Waals surface area contributed by atoms with Crippen LogP contribution >= 0.6 is 0 Å². The third-order valence-corrected chi connectivity index (χ3v) is 23.7. The average molecular weight is 1960 g/mol. The van der Waals surface area contributed by atoms with E-state index in [0.29, 0.717) is 0 Å². The van der Waals surface area contributed by atoms with Crippen molar-refractivity contribution in [2.24, 2.45) is 0 Å². The van der Waals surface area contributed by atoms with E-state index in [1.807, 2.05) is 0 Å². The van der Waals surface area contributed by atoms with Crippen LogP contribution in [0.1, 0.15) is 123 Å². The average Bonchev–Trinajstić information content (AvgIpc) is 1.37. The van der Waals surface area contributed by atoms with Crippen LogP contribution in [0.5, 0.6) is 0 Å². The van der Waals surface area contributed by atoms with Crippen LogP contribution in [0.2, 0.25) is 0 Å². The van der Waals surface area contributed by atoms with Crippen molar-refractivity contribution < 1.29 is 137 Å². The molecule has 0 saturated heterocycles. The third-order valence-electron chi connectivity index (χ3n) is 23.7. The molecule has 0 N–H and O–H groups in total. The van der Waals surface area contributed by atoms with Crippen LogP contribution in [0.15, 0.2) is 557 Å². The molecule has 684 valence electrons. The van der Waals surface area contributed by atoms with Crippen molar-refractivity contribution >= 4 is 163 Å². The molecule has 3 heterocycles. The highest BCUT2D eigenvalue weighted by Crippen LogP contribution is 2.53. The van der Waals surface area contributed by atoms with Gasteiger partial charge in [0, 0.05) is 48.5 Å². The van der Waals surface area contributed by atoms with E-state index in [0.717, 1.165) is 0 Å². The predicted molar refractivity (Wildman–Crippen MR) is 624 cm³/mol. The van der Waals surface area contributed by atoms with Crippen LogP contribution in [0.25, 0.3) is 296 Å². The Balaban J connectivity index is 0.000000152. The monoisotopic (exact) mass is 1960 g/mol. The summed E-state index contributed by atoms with van der Waals surface area (Å²) in [6, 6.07) is -87.4. The minimum absolute atomic E-state index is 0.439. The molecule has 3 nitrogen and oxygen atoms in total. The lowest BCUT2D eigenvalue weighted by molar-refractivity contribution is 0.672. The zero-order valence-electron chi connectivity index (χ0n) is 163. The van der Waals surface area contributed by atoms with E-state index in [2.05, 4.69) is 0 Å². The first-order chi connectivity index (χ1) is 110. The Kier molecular flexibility index (Phi) is 8.39. The second-order valence-electron chi connectivity index (χ2n) is 31.5. The summed E-state index contributed by atoms with van der Waals surface area (Å²) in [5, 5.41) is -15.5. The lowest BCUT2D eigenvalue weighted by atomic mass is 9.83. The zero-order chi connectivity index (χ0) is 175. The molecule has 0 unspecified atom stereocenters. The fourth-order valence-electron chi connectivity index (χ4n) is 17.5. The Labute approximate surface area is 975 Å². The number of benzene rings is 27. The summed E-state index contributed by atoms with van der Waals surface area (Å²) in [6.45, 7) is 0. The normalized spacial score (nSPS) is 20.2. The first kappa shape index (κ1) is 34.2. The van der Waals surface area contributed by atoms with Crippen LogP contribution < -0.4 is 0 Å². The summed E-state index contributed by atoms with van der Waals surface area (Å²) in [4.78, 5) is 0. The summed E-state index contributed by atoms with van der Waals surface area (Å²) in [6.07, 6.45) is 0. The van der Waals surface area contributed by atoms with Gasteiger partial charge in [-0.3, -0.25) is 0 Å². The Hall–Kier alpha value is -19.3. The first-order valence-corrected chi connectivity index (χ1v) is 43.2. The van der Waals surface area contributed by atoms with Gasteiger partial charge in [-0.05, 0) is 257 Å². The van der Waals surface area contributed by atoms with Crippen molar-refractivity contribution in [3.63, 3.8) is 0 Å². The van der Waals surface area contributed by atoms with E-state index in [9.17, 15) is 48.0 Å². The number of rotatable bonds is 12. The number of furan rings is 3. The van der Waals surface area contributed by atoms with Gasteiger partial charge in [0.2, 0.25) is 0 Å². The van der Waals surface area contributed by atoms with E-state index in [-0.39, 0.29) is 0 Å². The van der Waals surface area contributed by atoms with E-state index >= 15 is 0 Å². The molecule has 0 radical (unpaired) electrons. The highest BCUT2D eigenvalue weighted by Gasteiger charge is 2.26. The molecule has 0 aliphatic carbocycles. The van der Waals surface area contributed by atoms with Crippen LogP contribution in [-0.2, 0) is 0 Å². The molecule has 0 spiro atoms. The van der Waals surface area contributed by atoms with Gasteiger partial charge in [-0.1, -0.05) is 502 Å². The SMILES string of the molecule is [2H]c1c([2H])c([2H])c(-c2c([2H])c([2H])c(-c3c4c([2H])c([2H])c([2H])c([2H])c4c(-c4c([2H])c([2H])c(-c5c([2H])c([2H])c([2H])c6oc7c8c([2H])c([2H])c([2H])c([2H])c8c([2H])c([2H])c7c56)c([2H])c4[2H])c4c([2H])c([2H])c([2H])c([2H])c34)c([2H])c2[2H])c([2H])c1[2H].[2H]c1c([2H])c([2H])c(-c2c([2H])c([2H])c([2H])c(-c3c4c([2H])c([2H])c([2H])c([2H])c4c(-c4c([2H])c([2H])c(-c5c([2H])c([2H])c([2H])c6oc7c8c([2H])c([2H])c([2H])c([2H])c8c([2H])c([2H])c7c56)c([2H])c4[2H])c4c([2H])c([2H])c([2H])c([2H])c34)c2[2H])c([2H])c1[2H].[2H]c1c([2H])c([2H])c(-c2c([2H])c([2H])c([2H])c([2H])c2-c2c3c([2H])c([2H])c([2H])c([2H])c3c(-c3c([2H])c([2H])c(-c4c([2H])c([2H])c([2H])c5oc6c7c([2H])c([2H])c([2H])c([2H])c7c([2H])c([2H])c6c45)c([2H])c3[2H])c3c([2H])c([2H])c([2H])c([2H])c23)c([2H])c1[2H]. The minimum atomic E-state index is -1.15. The van der Waals surface area contributed by atoms with Gasteiger partial charge in [-0.15, -0.1) is 0 Å². The van der Waals surface area contributed by atoms with Crippen molar-refractivity contribution in [3.8, 4) is 134 Å². The summed E-state index contributed by atoms with van der Waals surface area (Å²) in [5.41, 5.74) is -23.3. The van der Waals surface area contributed by atoms with E-state index in [1.165, 1.54) is 0 Å². The van der Waals surface area contributed by atoms with Gasteiger partial charge in [0.25, 0.3) is 0 Å². The third kappa shape index (κ3) is 14.7. The van der Waals surface area contributed by atoms with Crippen LogP contribution in [-0.4, -0.2) is 0 Å². The van der Waals surface area contributed by atoms with E-state index in [1.54, 1.807) is 0 Å². The maximum absolute atomic E-state index is 9.73. The maximum atomic E-state index is 9.73. The van der Waals surface area contributed by atoms with Crippen molar-refractivity contribution in [2.45, 2.75) is 0 Å². The zero-order valence-corrected chi connectivity index (χ0v) is 73.2. The second kappa shape index (κ2) is 36.0. The molecule has 30 rings (SSSR count). The molecule has 3 aromatic heterocycles.